The van der Waals surface area contributed by atoms with Crippen LogP contribution in [0.2, 0.25) is 5.02 Å². The fourth-order valence-electron chi connectivity index (χ4n) is 3.81. The van der Waals surface area contributed by atoms with Gasteiger partial charge in [0.05, 0.1) is 0 Å². The van der Waals surface area contributed by atoms with E-state index in [1.165, 1.54) is 11.8 Å². The summed E-state index contributed by atoms with van der Waals surface area (Å²) in [6.45, 7) is 0. The number of thioether (sulfide) groups is 1. The topological polar surface area (TPSA) is 29.1 Å². The zero-order valence-corrected chi connectivity index (χ0v) is 21.0. The van der Waals surface area contributed by atoms with Crippen molar-refractivity contribution in [2.45, 2.75) is 4.90 Å². The van der Waals surface area contributed by atoms with Gasteiger partial charge < -0.3 is 0 Å². The normalized spacial score (nSPS) is 12.1. The van der Waals surface area contributed by atoms with Crippen molar-refractivity contribution >= 4 is 65.6 Å². The van der Waals surface area contributed by atoms with Gasteiger partial charge in [0.15, 0.2) is 12.7 Å². The van der Waals surface area contributed by atoms with Gasteiger partial charge in [-0.1, -0.05) is 78.0 Å². The summed E-state index contributed by atoms with van der Waals surface area (Å²) >= 11 is 12.5. The first-order chi connectivity index (χ1) is 16.2. The lowest BCUT2D eigenvalue weighted by Gasteiger charge is -2.29. The number of carbonyl (C=O) groups is 1. The third kappa shape index (κ3) is 5.05. The van der Waals surface area contributed by atoms with Crippen molar-refractivity contribution in [3.05, 3.63) is 130 Å². The van der Waals surface area contributed by atoms with Gasteiger partial charge in [-0.05, 0) is 60.7 Å². The van der Waals surface area contributed by atoms with Crippen molar-refractivity contribution in [2.75, 3.05) is 0 Å². The second-order valence-corrected chi connectivity index (χ2v) is 12.8. The standard InChI is InChI=1S/C27H21ClNOPS2/c28-21-16-18-25(19-17-21)33-27(32)26(29-20-30)31(22-10-4-1-5-11-22,23-12-6-2-7-13-23)24-14-8-3-9-15-24/h1-20H,(H-,29,30,32)/p+1/b27-26-. The molecule has 0 aliphatic rings. The molecule has 164 valence electrons. The molecule has 0 radical (unpaired) electrons. The molecular weight excluding hydrogens is 485 g/mol. The Morgan fingerprint density at radius 3 is 1.55 bits per heavy atom. The predicted molar refractivity (Wildman–Crippen MR) is 148 cm³/mol. The summed E-state index contributed by atoms with van der Waals surface area (Å²) in [5, 5.41) is 7.15. The Bertz CT molecular complexity index is 1140. The summed E-state index contributed by atoms with van der Waals surface area (Å²) in [6.07, 6.45) is 0.748. The number of rotatable bonds is 8. The Balaban J connectivity index is 2.05. The van der Waals surface area contributed by atoms with Crippen LogP contribution in [-0.2, 0) is 4.79 Å². The van der Waals surface area contributed by atoms with Gasteiger partial charge in [-0.15, -0.1) is 12.6 Å². The molecule has 4 aromatic rings. The average molecular weight is 507 g/mol. The van der Waals surface area contributed by atoms with Gasteiger partial charge in [0, 0.05) is 9.92 Å². The maximum absolute atomic E-state index is 12.0. The molecule has 0 spiro atoms. The Morgan fingerprint density at radius 2 is 1.15 bits per heavy atom. The fraction of sp³-hybridized carbons (Fsp3) is 0. The molecule has 0 aliphatic carbocycles. The third-order valence-corrected chi connectivity index (χ3v) is 11.4. The van der Waals surface area contributed by atoms with Crippen molar-refractivity contribution in [3.8, 4) is 0 Å². The first-order valence-electron chi connectivity index (χ1n) is 10.3. The van der Waals surface area contributed by atoms with Crippen LogP contribution in [0.15, 0.2) is 130 Å². The van der Waals surface area contributed by atoms with Crippen LogP contribution in [0.4, 0.5) is 0 Å². The summed E-state index contributed by atoms with van der Waals surface area (Å²) in [6, 6.07) is 38.7. The lowest BCUT2D eigenvalue weighted by molar-refractivity contribution is -0.108. The fourth-order valence-corrected chi connectivity index (χ4v) is 10.0. The number of amides is 1. The summed E-state index contributed by atoms with van der Waals surface area (Å²) in [7, 11) is -2.47. The molecule has 1 N–H and O–H groups in total. The van der Waals surface area contributed by atoms with Gasteiger partial charge in [0.1, 0.15) is 20.2 Å². The molecule has 0 bridgehead atoms. The largest absolute Gasteiger partial charge is 0.297 e. The van der Waals surface area contributed by atoms with E-state index in [1.54, 1.807) is 0 Å². The minimum absolute atomic E-state index is 0.676. The Kier molecular flexibility index (Phi) is 7.95. The van der Waals surface area contributed by atoms with Crippen molar-refractivity contribution in [1.29, 1.82) is 0 Å². The molecule has 0 unspecified atom stereocenters. The molecule has 0 saturated carbocycles. The number of hydrogen-bond acceptors (Lipinski definition) is 3. The van der Waals surface area contributed by atoms with Crippen molar-refractivity contribution in [2.24, 2.45) is 0 Å². The maximum Gasteiger partial charge on any atom is 0.214 e. The SMILES string of the molecule is O=CN/C(=C(\S)Sc1ccc(Cl)cc1)[P+](c1ccccc1)(c1ccccc1)c1ccccc1. The Morgan fingerprint density at radius 1 is 0.727 bits per heavy atom. The van der Waals surface area contributed by atoms with E-state index in [0.29, 0.717) is 5.02 Å². The summed E-state index contributed by atoms with van der Waals surface area (Å²) < 4.78 is 0.731. The second-order valence-electron chi connectivity index (χ2n) is 7.15. The van der Waals surface area contributed by atoms with Crippen LogP contribution in [0.25, 0.3) is 0 Å². The molecule has 0 fully saturated rings. The first-order valence-corrected chi connectivity index (χ1v) is 13.7. The Labute approximate surface area is 209 Å². The van der Waals surface area contributed by atoms with Gasteiger partial charge in [-0.3, -0.25) is 10.1 Å². The minimum Gasteiger partial charge on any atom is -0.297 e. The van der Waals surface area contributed by atoms with E-state index < -0.39 is 7.26 Å². The zero-order valence-electron chi connectivity index (χ0n) is 17.6. The molecule has 0 saturated heterocycles. The highest BCUT2D eigenvalue weighted by molar-refractivity contribution is 8.16. The average Bonchev–Trinajstić information content (AvgIpc) is 2.87. The van der Waals surface area contributed by atoms with E-state index in [2.05, 4.69) is 41.7 Å². The number of halogens is 1. The highest BCUT2D eigenvalue weighted by Gasteiger charge is 2.51. The van der Waals surface area contributed by atoms with Gasteiger partial charge in [-0.2, -0.15) is 0 Å². The van der Waals surface area contributed by atoms with Crippen LogP contribution in [0.1, 0.15) is 0 Å². The smallest absolute Gasteiger partial charge is 0.214 e. The molecule has 4 aromatic carbocycles. The number of thiol groups is 1. The third-order valence-electron chi connectivity index (χ3n) is 5.19. The van der Waals surface area contributed by atoms with Gasteiger partial charge in [0.2, 0.25) is 6.41 Å². The molecular formula is C27H22ClNOPS2+. The monoisotopic (exact) mass is 506 g/mol. The minimum atomic E-state index is -2.47. The number of hydrogen-bond donors (Lipinski definition) is 2. The van der Waals surface area contributed by atoms with Crippen LogP contribution >= 0.6 is 43.3 Å². The van der Waals surface area contributed by atoms with Crippen LogP contribution in [0, 0.1) is 0 Å². The van der Waals surface area contributed by atoms with E-state index in [9.17, 15) is 4.79 Å². The number of nitrogens with one attached hydrogen (secondary N) is 1. The summed E-state index contributed by atoms with van der Waals surface area (Å²) in [4.78, 5) is 13.0. The molecule has 0 aromatic heterocycles. The van der Waals surface area contributed by atoms with Gasteiger partial charge >= 0.3 is 0 Å². The van der Waals surface area contributed by atoms with Crippen molar-refractivity contribution < 1.29 is 4.79 Å². The van der Waals surface area contributed by atoms with E-state index in [0.717, 1.165) is 36.9 Å². The quantitative estimate of drug-likeness (QED) is 0.128. The molecule has 0 heterocycles. The number of carbonyl (C=O) groups excluding carboxylic acids is 1. The second kappa shape index (κ2) is 11.1. The van der Waals surface area contributed by atoms with Crippen molar-refractivity contribution in [1.82, 2.24) is 5.32 Å². The van der Waals surface area contributed by atoms with E-state index in [-0.39, 0.29) is 0 Å². The zero-order chi connectivity index (χ0) is 23.1. The van der Waals surface area contributed by atoms with Gasteiger partial charge in [0.25, 0.3) is 0 Å². The lowest BCUT2D eigenvalue weighted by atomic mass is 10.4. The van der Waals surface area contributed by atoms with Crippen LogP contribution in [0.5, 0.6) is 0 Å². The molecule has 0 aliphatic heterocycles. The maximum atomic E-state index is 12.0. The Hall–Kier alpha value is -2.49. The molecule has 33 heavy (non-hydrogen) atoms. The van der Waals surface area contributed by atoms with E-state index in [4.69, 9.17) is 24.2 Å². The summed E-state index contributed by atoms with van der Waals surface area (Å²) in [5.74, 6) is 0. The van der Waals surface area contributed by atoms with Gasteiger partial charge in [-0.25, -0.2) is 0 Å². The molecule has 6 heteroatoms. The van der Waals surface area contributed by atoms with Crippen LogP contribution in [0.3, 0.4) is 0 Å². The molecule has 1 amide bonds. The molecule has 4 rings (SSSR count). The first kappa shape index (κ1) is 23.7. The van der Waals surface area contributed by atoms with Crippen LogP contribution < -0.4 is 21.2 Å². The summed E-state index contributed by atoms with van der Waals surface area (Å²) in [5.41, 5.74) is 0.796. The number of benzene rings is 4. The highest BCUT2D eigenvalue weighted by atomic mass is 35.5. The van der Waals surface area contributed by atoms with Crippen molar-refractivity contribution in [3.63, 3.8) is 0 Å². The highest BCUT2D eigenvalue weighted by Crippen LogP contribution is 2.63. The molecule has 0 atom stereocenters. The van der Waals surface area contributed by atoms with E-state index in [1.807, 2.05) is 78.9 Å². The predicted octanol–water partition coefficient (Wildman–Crippen LogP) is 6.23. The molecule has 2 nitrogen and oxygen atoms in total. The van der Waals surface area contributed by atoms with E-state index >= 15 is 0 Å². The van der Waals surface area contributed by atoms with Crippen LogP contribution in [-0.4, -0.2) is 6.41 Å². The lowest BCUT2D eigenvalue weighted by Crippen LogP contribution is -2.36.